The number of hydrogen-bond acceptors (Lipinski definition) is 15. The highest BCUT2D eigenvalue weighted by molar-refractivity contribution is 7.47. The molecule has 0 rings (SSSR count). The topological polar surface area (TPSA) is 237 Å². The summed E-state index contributed by atoms with van der Waals surface area (Å²) in [5.74, 6) is -2.29. The van der Waals surface area contributed by atoms with Crippen LogP contribution in [0.5, 0.6) is 0 Å². The second-order valence-corrected chi connectivity index (χ2v) is 29.6. The van der Waals surface area contributed by atoms with Crippen molar-refractivity contribution in [1.82, 2.24) is 0 Å². The van der Waals surface area contributed by atoms with E-state index >= 15 is 0 Å². The maximum atomic E-state index is 13.1. The summed E-state index contributed by atoms with van der Waals surface area (Å²) < 4.78 is 68.5. The smallest absolute Gasteiger partial charge is 0.462 e. The third-order valence-corrected chi connectivity index (χ3v) is 18.6. The molecule has 0 saturated carbocycles. The Kier molecular flexibility index (Phi) is 71.8. The lowest BCUT2D eigenvalue weighted by Crippen LogP contribution is -2.30. The molecule has 19 heteroatoms. The van der Waals surface area contributed by atoms with Crippen LogP contribution in [0.2, 0.25) is 0 Å². The quantitative estimate of drug-likeness (QED) is 0.0169. The van der Waals surface area contributed by atoms with Crippen LogP contribution in [0.25, 0.3) is 0 Å². The molecule has 0 aliphatic rings. The molecule has 2 unspecified atom stereocenters. The average molecular weight is 1480 g/mol. The highest BCUT2D eigenvalue weighted by atomic mass is 31.2. The van der Waals surface area contributed by atoms with Gasteiger partial charge in [-0.25, -0.2) is 9.13 Å². The maximum absolute atomic E-state index is 13.1. The first-order valence-electron chi connectivity index (χ1n) is 40.1. The van der Waals surface area contributed by atoms with Crippen LogP contribution in [-0.2, 0) is 65.4 Å². The van der Waals surface area contributed by atoms with Crippen LogP contribution in [0.1, 0.15) is 336 Å². The fourth-order valence-electron chi connectivity index (χ4n) is 10.6. The lowest BCUT2D eigenvalue weighted by atomic mass is 10.0. The van der Waals surface area contributed by atoms with E-state index in [4.69, 9.17) is 37.0 Å². The van der Waals surface area contributed by atoms with Crippen LogP contribution < -0.4 is 0 Å². The molecule has 0 aromatic heterocycles. The maximum Gasteiger partial charge on any atom is 0.472 e. The van der Waals surface area contributed by atoms with Crippen LogP contribution >= 0.6 is 15.6 Å². The van der Waals surface area contributed by atoms with E-state index in [2.05, 4.69) is 125 Å². The summed E-state index contributed by atoms with van der Waals surface area (Å²) in [5.41, 5.74) is 0. The molecule has 0 heterocycles. The molecule has 0 spiro atoms. The molecule has 0 aliphatic heterocycles. The van der Waals surface area contributed by atoms with Gasteiger partial charge in [-0.1, -0.05) is 291 Å². The molecule has 17 nitrogen and oxygen atoms in total. The molecule has 0 amide bonds. The lowest BCUT2D eigenvalue weighted by Gasteiger charge is -2.21. The summed E-state index contributed by atoms with van der Waals surface area (Å²) in [6, 6.07) is 0. The minimum Gasteiger partial charge on any atom is -0.462 e. The van der Waals surface area contributed by atoms with Gasteiger partial charge in [-0.05, 0) is 128 Å². The van der Waals surface area contributed by atoms with Crippen LogP contribution in [0.15, 0.2) is 109 Å². The number of aliphatic hydroxyl groups is 1. The number of unbranched alkanes of at least 4 members (excludes halogenated alkanes) is 31. The van der Waals surface area contributed by atoms with E-state index in [0.717, 1.165) is 135 Å². The molecule has 0 aliphatic carbocycles. The largest absolute Gasteiger partial charge is 0.472 e. The van der Waals surface area contributed by atoms with Gasteiger partial charge in [-0.3, -0.25) is 37.3 Å². The Morgan fingerprint density at radius 2 is 0.500 bits per heavy atom. The van der Waals surface area contributed by atoms with Crippen LogP contribution in [0.3, 0.4) is 0 Å². The zero-order valence-electron chi connectivity index (χ0n) is 64.3. The molecular formula is C83H144O17P2. The molecule has 0 fully saturated rings. The van der Waals surface area contributed by atoms with Gasteiger partial charge in [0.05, 0.1) is 26.4 Å². The van der Waals surface area contributed by atoms with E-state index in [9.17, 15) is 43.2 Å². The van der Waals surface area contributed by atoms with Crippen molar-refractivity contribution in [1.29, 1.82) is 0 Å². The predicted molar refractivity (Wildman–Crippen MR) is 418 cm³/mol. The van der Waals surface area contributed by atoms with Crippen LogP contribution in [0, 0.1) is 0 Å². The van der Waals surface area contributed by atoms with Gasteiger partial charge in [0.25, 0.3) is 0 Å². The first-order chi connectivity index (χ1) is 49.7. The second-order valence-electron chi connectivity index (χ2n) is 26.7. The van der Waals surface area contributed by atoms with E-state index in [0.29, 0.717) is 32.1 Å². The summed E-state index contributed by atoms with van der Waals surface area (Å²) in [4.78, 5) is 72.9. The molecular weight excluding hydrogens is 1330 g/mol. The molecule has 0 saturated heterocycles. The summed E-state index contributed by atoms with van der Waals surface area (Å²) in [6.45, 7) is 4.71. The first-order valence-corrected chi connectivity index (χ1v) is 43.1. The number of aliphatic hydroxyl groups excluding tert-OH is 1. The normalized spacial score (nSPS) is 14.5. The van der Waals surface area contributed by atoms with Crippen molar-refractivity contribution in [2.45, 2.75) is 354 Å². The standard InChI is InChI=1S/C83H144O17P2/c1-5-9-13-17-21-25-29-33-36-37-38-39-42-44-48-52-56-60-64-68-81(86)94-74-79(100-83(88)70-66-62-58-54-50-46-41-35-31-27-23-19-15-11-7-3)76-98-102(91,92)96-72-77(84)71-95-101(89,90)97-75-78(73-93-80(85)67-63-59-55-51-47-43-32-28-24-20-16-12-8-4)99-82(87)69-65-61-57-53-49-45-40-34-30-26-22-18-14-10-6-2/h21-23,25-27,33-36,38-41,44,48,56,60,77-79,84H,5-20,24,28-32,37,42-43,45-47,49-55,57-59,61-76H2,1-4H3,(H,89,90)(H,91,92)/b25-21-,26-22-,27-23-,36-33-,39-38-,40-34-,41-35-,48-44-,60-56-/t77-,78+,79+/m0/s1. The molecule has 0 aromatic rings. The van der Waals surface area contributed by atoms with Gasteiger partial charge >= 0.3 is 39.5 Å². The van der Waals surface area contributed by atoms with Crippen molar-refractivity contribution in [3.05, 3.63) is 109 Å². The number of phosphoric ester groups is 2. The van der Waals surface area contributed by atoms with Crippen LogP contribution in [0.4, 0.5) is 0 Å². The molecule has 588 valence electrons. The number of esters is 4. The zero-order valence-corrected chi connectivity index (χ0v) is 66.0. The minimum atomic E-state index is -5.00. The van der Waals surface area contributed by atoms with Crippen molar-refractivity contribution in [2.75, 3.05) is 39.6 Å². The van der Waals surface area contributed by atoms with Crippen molar-refractivity contribution in [3.63, 3.8) is 0 Å². The number of carbonyl (C=O) groups excluding carboxylic acids is 4. The van der Waals surface area contributed by atoms with E-state index in [-0.39, 0.29) is 25.7 Å². The van der Waals surface area contributed by atoms with Crippen molar-refractivity contribution in [3.8, 4) is 0 Å². The monoisotopic (exact) mass is 1470 g/mol. The SMILES string of the molecule is CCCCC/C=C\C/C=C\C/C=C\C/C=C\C/C=C\CCC(=O)OC[C@H](COP(=O)(O)OC[C@@H](O)COP(=O)(O)OC[C@@H](COC(=O)CCCCCCCCCCCCCCC)OC(=O)CCCCCCC/C=C\C/C=C\CCCCC)OC(=O)CCCCCCC/C=C\C/C=C\CCCCC. The van der Waals surface area contributed by atoms with Gasteiger partial charge in [0.1, 0.15) is 19.3 Å². The summed E-state index contributed by atoms with van der Waals surface area (Å²) >= 11 is 0. The molecule has 0 radical (unpaired) electrons. The van der Waals surface area contributed by atoms with Gasteiger partial charge in [-0.15, -0.1) is 0 Å². The number of allylic oxidation sites excluding steroid dienone is 18. The summed E-state index contributed by atoms with van der Waals surface area (Å²) in [5, 5.41) is 10.6. The van der Waals surface area contributed by atoms with E-state index in [1.165, 1.54) is 116 Å². The number of hydrogen-bond donors (Lipinski definition) is 3. The molecule has 102 heavy (non-hydrogen) atoms. The fraction of sp³-hybridized carbons (Fsp3) is 0.735. The lowest BCUT2D eigenvalue weighted by molar-refractivity contribution is -0.161. The Morgan fingerprint density at radius 3 is 0.814 bits per heavy atom. The van der Waals surface area contributed by atoms with Gasteiger partial charge in [0.15, 0.2) is 12.2 Å². The Balaban J connectivity index is 5.43. The van der Waals surface area contributed by atoms with Crippen molar-refractivity contribution < 1.29 is 80.2 Å². The molecule has 5 atom stereocenters. The summed E-state index contributed by atoms with van der Waals surface area (Å²) in [6.07, 6.45) is 80.8. The van der Waals surface area contributed by atoms with E-state index in [1.807, 2.05) is 12.2 Å². The molecule has 0 aromatic carbocycles. The van der Waals surface area contributed by atoms with E-state index < -0.39 is 97.5 Å². The molecule has 3 N–H and O–H groups in total. The molecule has 0 bridgehead atoms. The number of carbonyl (C=O) groups is 4. The predicted octanol–water partition coefficient (Wildman–Crippen LogP) is 23.3. The van der Waals surface area contributed by atoms with Gasteiger partial charge < -0.3 is 33.8 Å². The van der Waals surface area contributed by atoms with Gasteiger partial charge in [0.2, 0.25) is 0 Å². The van der Waals surface area contributed by atoms with Crippen LogP contribution in [-0.4, -0.2) is 96.7 Å². The third-order valence-electron chi connectivity index (χ3n) is 16.7. The van der Waals surface area contributed by atoms with Gasteiger partial charge in [0, 0.05) is 25.7 Å². The number of ether oxygens (including phenoxy) is 4. The fourth-order valence-corrected chi connectivity index (χ4v) is 12.1. The third kappa shape index (κ3) is 74.0. The van der Waals surface area contributed by atoms with E-state index in [1.54, 1.807) is 0 Å². The Morgan fingerprint density at radius 1 is 0.275 bits per heavy atom. The Bertz CT molecular complexity index is 2360. The van der Waals surface area contributed by atoms with Crippen molar-refractivity contribution in [2.24, 2.45) is 0 Å². The first kappa shape index (κ1) is 97.7. The Hall–Kier alpha value is -4.28. The zero-order chi connectivity index (χ0) is 74.6. The number of phosphoric acid groups is 2. The average Bonchev–Trinajstić information content (AvgIpc) is 0.920. The highest BCUT2D eigenvalue weighted by Gasteiger charge is 2.30. The minimum absolute atomic E-state index is 0.0339. The second kappa shape index (κ2) is 75.0. The van der Waals surface area contributed by atoms with Crippen molar-refractivity contribution >= 4 is 39.5 Å². The summed E-state index contributed by atoms with van der Waals surface area (Å²) in [7, 11) is -9.98. The highest BCUT2D eigenvalue weighted by Crippen LogP contribution is 2.45. The number of rotatable bonds is 75. The Labute approximate surface area is 619 Å². The van der Waals surface area contributed by atoms with Gasteiger partial charge in [-0.2, -0.15) is 0 Å².